The molecule has 1 aromatic heterocycles. The fourth-order valence-electron chi connectivity index (χ4n) is 2.64. The van der Waals surface area contributed by atoms with Crippen molar-refractivity contribution < 1.29 is 0 Å². The van der Waals surface area contributed by atoms with E-state index in [-0.39, 0.29) is 0 Å². The van der Waals surface area contributed by atoms with Crippen molar-refractivity contribution in [3.63, 3.8) is 0 Å². The highest BCUT2D eigenvalue weighted by Gasteiger charge is 2.14. The van der Waals surface area contributed by atoms with E-state index < -0.39 is 0 Å². The van der Waals surface area contributed by atoms with Gasteiger partial charge < -0.3 is 5.73 Å². The van der Waals surface area contributed by atoms with Crippen LogP contribution in [0.15, 0.2) is 34.8 Å². The molecule has 3 nitrogen and oxygen atoms in total. The summed E-state index contributed by atoms with van der Waals surface area (Å²) in [4.78, 5) is 0. The first-order valence-electron chi connectivity index (χ1n) is 7.66. The van der Waals surface area contributed by atoms with Crippen LogP contribution in [-0.2, 0) is 25.8 Å². The summed E-state index contributed by atoms with van der Waals surface area (Å²) in [6.45, 7) is 5.90. The van der Waals surface area contributed by atoms with E-state index in [1.54, 1.807) is 0 Å². The third kappa shape index (κ3) is 4.17. The van der Waals surface area contributed by atoms with E-state index in [2.05, 4.69) is 63.8 Å². The van der Waals surface area contributed by atoms with Gasteiger partial charge in [-0.15, -0.1) is 0 Å². The highest BCUT2D eigenvalue weighted by atomic mass is 79.9. The molecule has 0 aliphatic carbocycles. The van der Waals surface area contributed by atoms with Gasteiger partial charge in [0.05, 0.1) is 5.69 Å². The lowest BCUT2D eigenvalue weighted by molar-refractivity contribution is 0.498. The molecule has 0 aliphatic rings. The molecule has 21 heavy (non-hydrogen) atoms. The zero-order chi connectivity index (χ0) is 15.2. The van der Waals surface area contributed by atoms with Crippen LogP contribution < -0.4 is 5.73 Å². The van der Waals surface area contributed by atoms with Crippen LogP contribution in [0.2, 0.25) is 0 Å². The average molecular weight is 350 g/mol. The van der Waals surface area contributed by atoms with Crippen LogP contribution in [0.5, 0.6) is 0 Å². The Bertz CT molecular complexity index is 577. The third-order valence-electron chi connectivity index (χ3n) is 3.87. The van der Waals surface area contributed by atoms with Crippen LogP contribution in [0.25, 0.3) is 0 Å². The molecule has 2 rings (SSSR count). The predicted molar refractivity (Wildman–Crippen MR) is 91.4 cm³/mol. The second kappa shape index (κ2) is 7.76. The summed E-state index contributed by atoms with van der Waals surface area (Å²) in [6, 6.07) is 10.6. The van der Waals surface area contributed by atoms with Crippen molar-refractivity contribution in [3.05, 3.63) is 51.8 Å². The van der Waals surface area contributed by atoms with Crippen LogP contribution >= 0.6 is 15.9 Å². The molecule has 2 aromatic rings. The van der Waals surface area contributed by atoms with Gasteiger partial charge >= 0.3 is 0 Å². The second-order valence-corrected chi connectivity index (χ2v) is 6.25. The Morgan fingerprint density at radius 1 is 1.24 bits per heavy atom. The number of benzene rings is 1. The van der Waals surface area contributed by atoms with Gasteiger partial charge in [-0.3, -0.25) is 4.68 Å². The van der Waals surface area contributed by atoms with Crippen LogP contribution in [-0.4, -0.2) is 16.3 Å². The Morgan fingerprint density at radius 3 is 2.62 bits per heavy atom. The highest BCUT2D eigenvalue weighted by Crippen LogP contribution is 2.21. The van der Waals surface area contributed by atoms with Crippen molar-refractivity contribution in [2.75, 3.05) is 6.54 Å². The van der Waals surface area contributed by atoms with E-state index in [4.69, 9.17) is 5.73 Å². The monoisotopic (exact) mass is 349 g/mol. The Kier molecular flexibility index (Phi) is 6.00. The maximum Gasteiger partial charge on any atom is 0.0624 e. The molecule has 0 saturated carbocycles. The van der Waals surface area contributed by atoms with Crippen molar-refractivity contribution in [1.29, 1.82) is 0 Å². The fourth-order valence-corrected chi connectivity index (χ4v) is 3.08. The van der Waals surface area contributed by atoms with Gasteiger partial charge in [0.1, 0.15) is 0 Å². The van der Waals surface area contributed by atoms with Gasteiger partial charge in [0.2, 0.25) is 0 Å². The van der Waals surface area contributed by atoms with E-state index in [1.807, 2.05) is 6.07 Å². The largest absolute Gasteiger partial charge is 0.330 e. The van der Waals surface area contributed by atoms with Gasteiger partial charge in [-0.25, -0.2) is 0 Å². The Morgan fingerprint density at radius 2 is 2.00 bits per heavy atom. The molecular formula is C17H24BrN3. The van der Waals surface area contributed by atoms with Crippen LogP contribution in [0, 0.1) is 5.92 Å². The molecule has 0 aliphatic heterocycles. The quantitative estimate of drug-likeness (QED) is 0.829. The van der Waals surface area contributed by atoms with Gasteiger partial charge in [-0.1, -0.05) is 41.1 Å². The van der Waals surface area contributed by atoms with Crippen molar-refractivity contribution in [2.24, 2.45) is 11.7 Å². The van der Waals surface area contributed by atoms with Crippen LogP contribution in [0.3, 0.4) is 0 Å². The van der Waals surface area contributed by atoms with E-state index in [1.165, 1.54) is 21.4 Å². The van der Waals surface area contributed by atoms with Gasteiger partial charge in [0.25, 0.3) is 0 Å². The zero-order valence-electron chi connectivity index (χ0n) is 12.8. The number of nitrogens with zero attached hydrogens (tertiary/aromatic N) is 2. The molecule has 1 atom stereocenters. The molecule has 2 N–H and O–H groups in total. The number of aryl methyl sites for hydroxylation is 2. The highest BCUT2D eigenvalue weighted by molar-refractivity contribution is 9.10. The number of hydrogen-bond acceptors (Lipinski definition) is 2. The fraction of sp³-hybridized carbons (Fsp3) is 0.471. The van der Waals surface area contributed by atoms with Crippen molar-refractivity contribution >= 4 is 15.9 Å². The van der Waals surface area contributed by atoms with E-state index in [0.29, 0.717) is 12.5 Å². The summed E-state index contributed by atoms with van der Waals surface area (Å²) < 4.78 is 3.28. The molecule has 1 unspecified atom stereocenters. The zero-order valence-corrected chi connectivity index (χ0v) is 14.4. The lowest BCUT2D eigenvalue weighted by atomic mass is 9.94. The normalized spacial score (nSPS) is 12.6. The number of hydrogen-bond donors (Lipinski definition) is 1. The molecule has 0 radical (unpaired) electrons. The van der Waals surface area contributed by atoms with Gasteiger partial charge in [-0.05, 0) is 56.3 Å². The van der Waals surface area contributed by atoms with Gasteiger partial charge in [0.15, 0.2) is 0 Å². The lowest BCUT2D eigenvalue weighted by Gasteiger charge is -2.16. The minimum Gasteiger partial charge on any atom is -0.330 e. The van der Waals surface area contributed by atoms with E-state index in [9.17, 15) is 0 Å². The molecule has 0 fully saturated rings. The molecule has 4 heteroatoms. The number of rotatable bonds is 7. The van der Waals surface area contributed by atoms with Gasteiger partial charge in [-0.2, -0.15) is 5.10 Å². The summed E-state index contributed by atoms with van der Waals surface area (Å²) in [6.07, 6.45) is 2.96. The summed E-state index contributed by atoms with van der Waals surface area (Å²) >= 11 is 3.62. The average Bonchev–Trinajstić information content (AvgIpc) is 2.90. The number of aromatic nitrogens is 2. The molecule has 0 spiro atoms. The molecule has 1 aromatic carbocycles. The molecular weight excluding hydrogens is 326 g/mol. The first kappa shape index (κ1) is 16.2. The predicted octanol–water partition coefficient (Wildman–Crippen LogP) is 3.59. The number of nitrogens with two attached hydrogens (primary N) is 1. The number of halogens is 1. The first-order valence-corrected chi connectivity index (χ1v) is 8.46. The Labute approximate surface area is 135 Å². The molecule has 1 heterocycles. The minimum absolute atomic E-state index is 0.440. The van der Waals surface area contributed by atoms with E-state index in [0.717, 1.165) is 25.8 Å². The van der Waals surface area contributed by atoms with E-state index >= 15 is 0 Å². The standard InChI is InChI=1S/C17H24BrN3/c1-3-15-11-16(21(4-2)20-15)10-13(12-19)9-14-7-5-6-8-17(14)18/h5-8,11,13H,3-4,9-10,12,19H2,1-2H3. The molecule has 0 amide bonds. The van der Waals surface area contributed by atoms with Crippen LogP contribution in [0.1, 0.15) is 30.8 Å². The molecule has 114 valence electrons. The summed E-state index contributed by atoms with van der Waals surface area (Å²) in [5.41, 5.74) is 9.80. The SMILES string of the molecule is CCc1cc(CC(CN)Cc2ccccc2Br)n(CC)n1. The topological polar surface area (TPSA) is 43.8 Å². The minimum atomic E-state index is 0.440. The summed E-state index contributed by atoms with van der Waals surface area (Å²) in [5.74, 6) is 0.440. The van der Waals surface area contributed by atoms with Crippen molar-refractivity contribution in [1.82, 2.24) is 9.78 Å². The second-order valence-electron chi connectivity index (χ2n) is 5.40. The van der Waals surface area contributed by atoms with Gasteiger partial charge in [0, 0.05) is 16.7 Å². The maximum absolute atomic E-state index is 6.00. The molecule has 0 saturated heterocycles. The smallest absolute Gasteiger partial charge is 0.0624 e. The Hall–Kier alpha value is -1.13. The Balaban J connectivity index is 2.12. The van der Waals surface area contributed by atoms with Crippen LogP contribution in [0.4, 0.5) is 0 Å². The van der Waals surface area contributed by atoms with Crippen molar-refractivity contribution in [2.45, 2.75) is 39.7 Å². The third-order valence-corrected chi connectivity index (χ3v) is 4.65. The first-order chi connectivity index (χ1) is 10.2. The molecule has 0 bridgehead atoms. The maximum atomic E-state index is 6.00. The summed E-state index contributed by atoms with van der Waals surface area (Å²) in [5, 5.41) is 4.63. The lowest BCUT2D eigenvalue weighted by Crippen LogP contribution is -2.21. The van der Waals surface area contributed by atoms with Crippen molar-refractivity contribution in [3.8, 4) is 0 Å². The summed E-state index contributed by atoms with van der Waals surface area (Å²) in [7, 11) is 0.